The topological polar surface area (TPSA) is 70.9 Å². The molecule has 1 aliphatic heterocycles. The van der Waals surface area contributed by atoms with Gasteiger partial charge in [0.25, 0.3) is 5.91 Å². The van der Waals surface area contributed by atoms with Gasteiger partial charge in [0.2, 0.25) is 0 Å². The first-order valence-electron chi connectivity index (χ1n) is 8.51. The summed E-state index contributed by atoms with van der Waals surface area (Å²) < 4.78 is 13.6. The Labute approximate surface area is 151 Å². The van der Waals surface area contributed by atoms with Crippen LogP contribution in [0.25, 0.3) is 0 Å². The number of aliphatic hydroxyl groups is 1. The summed E-state index contributed by atoms with van der Waals surface area (Å²) in [4.78, 5) is 17.5. The minimum atomic E-state index is -0.600. The highest BCUT2D eigenvalue weighted by molar-refractivity contribution is 6.06. The van der Waals surface area contributed by atoms with Crippen LogP contribution >= 0.6 is 0 Å². The molecule has 0 spiro atoms. The Morgan fingerprint density at radius 2 is 2.04 bits per heavy atom. The third kappa shape index (κ3) is 3.91. The summed E-state index contributed by atoms with van der Waals surface area (Å²) in [6.45, 7) is 3.69. The fraction of sp³-hybridized carbons (Fsp3) is 0.300. The number of hydrogen-bond acceptors (Lipinski definition) is 4. The van der Waals surface area contributed by atoms with E-state index in [-0.39, 0.29) is 30.3 Å². The molecule has 0 fully saturated rings. The lowest BCUT2D eigenvalue weighted by atomic mass is 9.86. The average molecular weight is 356 g/mol. The normalized spacial score (nSPS) is 20.2. The molecule has 0 bridgehead atoms. The Balaban J connectivity index is 1.80. The zero-order chi connectivity index (χ0) is 18.7. The first-order chi connectivity index (χ1) is 12.5. The quantitative estimate of drug-likeness (QED) is 0.865. The molecule has 0 aliphatic carbocycles. The van der Waals surface area contributed by atoms with E-state index in [0.29, 0.717) is 11.3 Å². The van der Waals surface area contributed by atoms with Crippen LogP contribution in [0.1, 0.15) is 41.3 Å². The largest absolute Gasteiger partial charge is 0.392 e. The molecule has 2 aromatic rings. The number of hydrogen-bond donors (Lipinski definition) is 2. The second-order valence-electron chi connectivity index (χ2n) is 6.46. The third-order valence-corrected chi connectivity index (χ3v) is 4.29. The molecule has 136 valence electrons. The molecule has 0 saturated carbocycles. The molecule has 0 saturated heterocycles. The number of nitrogens with zero attached hydrogens (tertiary/aromatic N) is 1. The fourth-order valence-electron chi connectivity index (χ4n) is 2.98. The highest BCUT2D eigenvalue weighted by Gasteiger charge is 2.33. The molecule has 1 amide bonds. The number of oxime groups is 1. The Morgan fingerprint density at radius 1 is 1.31 bits per heavy atom. The number of carbonyl (C=O) groups excluding carboxylic acids is 1. The monoisotopic (exact) mass is 356 g/mol. The predicted octanol–water partition coefficient (Wildman–Crippen LogP) is 2.84. The summed E-state index contributed by atoms with van der Waals surface area (Å²) in [5, 5.41) is 16.1. The van der Waals surface area contributed by atoms with Crippen LogP contribution in [-0.2, 0) is 4.84 Å². The number of rotatable bonds is 5. The van der Waals surface area contributed by atoms with Gasteiger partial charge >= 0.3 is 0 Å². The third-order valence-electron chi connectivity index (χ3n) is 4.29. The lowest BCUT2D eigenvalue weighted by molar-refractivity contribution is 0.0904. The molecule has 1 aliphatic rings. The molecular weight excluding hydrogens is 335 g/mol. The van der Waals surface area contributed by atoms with E-state index in [2.05, 4.69) is 10.5 Å². The second-order valence-corrected chi connectivity index (χ2v) is 6.46. The summed E-state index contributed by atoms with van der Waals surface area (Å²) in [5.74, 6) is -0.733. The van der Waals surface area contributed by atoms with Gasteiger partial charge in [-0.2, -0.15) is 0 Å². The van der Waals surface area contributed by atoms with Gasteiger partial charge in [-0.25, -0.2) is 4.39 Å². The smallest absolute Gasteiger partial charge is 0.251 e. The highest BCUT2D eigenvalue weighted by Crippen LogP contribution is 2.32. The van der Waals surface area contributed by atoms with Crippen molar-refractivity contribution < 1.29 is 19.1 Å². The van der Waals surface area contributed by atoms with E-state index in [0.717, 1.165) is 11.1 Å². The van der Waals surface area contributed by atoms with Gasteiger partial charge in [0.15, 0.2) is 0 Å². The maximum Gasteiger partial charge on any atom is 0.251 e. The number of benzene rings is 2. The average Bonchev–Trinajstić information content (AvgIpc) is 3.01. The number of carbonyl (C=O) groups is 1. The van der Waals surface area contributed by atoms with E-state index in [1.165, 1.54) is 12.1 Å². The van der Waals surface area contributed by atoms with Crippen molar-refractivity contribution in [1.29, 1.82) is 0 Å². The molecular formula is C20H21FN2O3. The van der Waals surface area contributed by atoms with E-state index in [1.807, 2.05) is 13.0 Å². The van der Waals surface area contributed by atoms with Crippen molar-refractivity contribution in [3.63, 3.8) is 0 Å². The fourth-order valence-corrected chi connectivity index (χ4v) is 2.98. The van der Waals surface area contributed by atoms with Crippen LogP contribution in [-0.4, -0.2) is 35.5 Å². The van der Waals surface area contributed by atoms with E-state index in [4.69, 9.17) is 4.84 Å². The van der Waals surface area contributed by atoms with Crippen LogP contribution in [0, 0.1) is 5.82 Å². The molecule has 3 atom stereocenters. The zero-order valence-electron chi connectivity index (χ0n) is 14.6. The minimum absolute atomic E-state index is 0.180. The van der Waals surface area contributed by atoms with Gasteiger partial charge in [-0.15, -0.1) is 0 Å². The molecule has 0 aromatic heterocycles. The molecule has 0 radical (unpaired) electrons. The van der Waals surface area contributed by atoms with E-state index >= 15 is 0 Å². The number of aliphatic hydroxyl groups excluding tert-OH is 1. The van der Waals surface area contributed by atoms with Crippen molar-refractivity contribution in [3.8, 4) is 0 Å². The lowest BCUT2D eigenvalue weighted by Crippen LogP contribution is -2.30. The van der Waals surface area contributed by atoms with Crippen LogP contribution in [0.15, 0.2) is 53.7 Å². The molecule has 2 N–H and O–H groups in total. The number of amides is 1. The second kappa shape index (κ2) is 7.66. The van der Waals surface area contributed by atoms with Gasteiger partial charge in [-0.3, -0.25) is 4.79 Å². The highest BCUT2D eigenvalue weighted by atomic mass is 19.1. The SMILES string of the molecule is CC(O)CNC(=O)c1ccc(C2=NOC(C)C2c2cccc(F)c2)cc1. The van der Waals surface area contributed by atoms with Crippen molar-refractivity contribution >= 4 is 11.6 Å². The van der Waals surface area contributed by atoms with Gasteiger partial charge < -0.3 is 15.3 Å². The molecule has 5 nitrogen and oxygen atoms in total. The summed E-state index contributed by atoms with van der Waals surface area (Å²) in [7, 11) is 0. The van der Waals surface area contributed by atoms with Gasteiger partial charge in [0, 0.05) is 17.7 Å². The predicted molar refractivity (Wildman–Crippen MR) is 96.7 cm³/mol. The summed E-state index contributed by atoms with van der Waals surface area (Å²) in [6.07, 6.45) is -0.808. The molecule has 26 heavy (non-hydrogen) atoms. The first kappa shape index (κ1) is 18.1. The first-order valence-corrected chi connectivity index (χ1v) is 8.51. The van der Waals surface area contributed by atoms with Crippen molar-refractivity contribution in [3.05, 3.63) is 71.0 Å². The van der Waals surface area contributed by atoms with Crippen LogP contribution in [0.4, 0.5) is 4.39 Å². The van der Waals surface area contributed by atoms with Gasteiger partial charge in [0.1, 0.15) is 11.9 Å². The Kier molecular flexibility index (Phi) is 5.32. The van der Waals surface area contributed by atoms with Gasteiger partial charge in [-0.1, -0.05) is 29.4 Å². The van der Waals surface area contributed by atoms with Gasteiger partial charge in [0.05, 0.1) is 17.7 Å². The Hall–Kier alpha value is -2.73. The van der Waals surface area contributed by atoms with Crippen LogP contribution in [0.2, 0.25) is 0 Å². The van der Waals surface area contributed by atoms with E-state index < -0.39 is 6.10 Å². The summed E-state index contributed by atoms with van der Waals surface area (Å²) in [6, 6.07) is 13.4. The van der Waals surface area contributed by atoms with Crippen molar-refractivity contribution in [2.75, 3.05) is 6.54 Å². The standard InChI is InChI=1S/C20H21FN2O3/c1-12(24)11-22-20(25)15-8-6-14(7-9-15)19-18(13(2)26-23-19)16-4-3-5-17(21)10-16/h3-10,12-13,18,24H,11H2,1-2H3,(H,22,25). The van der Waals surface area contributed by atoms with Crippen LogP contribution in [0.5, 0.6) is 0 Å². The van der Waals surface area contributed by atoms with Crippen molar-refractivity contribution in [1.82, 2.24) is 5.32 Å². The van der Waals surface area contributed by atoms with Crippen LogP contribution < -0.4 is 5.32 Å². The Bertz CT molecular complexity index is 818. The van der Waals surface area contributed by atoms with Crippen molar-refractivity contribution in [2.45, 2.75) is 32.0 Å². The summed E-state index contributed by atoms with van der Waals surface area (Å²) in [5.41, 5.74) is 2.81. The molecule has 1 heterocycles. The molecule has 6 heteroatoms. The minimum Gasteiger partial charge on any atom is -0.392 e. The van der Waals surface area contributed by atoms with Crippen LogP contribution in [0.3, 0.4) is 0 Å². The van der Waals surface area contributed by atoms with E-state index in [9.17, 15) is 14.3 Å². The van der Waals surface area contributed by atoms with E-state index in [1.54, 1.807) is 37.3 Å². The van der Waals surface area contributed by atoms with Gasteiger partial charge in [-0.05, 0) is 43.7 Å². The molecule has 3 rings (SSSR count). The number of halogens is 1. The molecule has 3 unspecified atom stereocenters. The zero-order valence-corrected chi connectivity index (χ0v) is 14.6. The van der Waals surface area contributed by atoms with Crippen molar-refractivity contribution in [2.24, 2.45) is 5.16 Å². The molecule has 2 aromatic carbocycles. The number of nitrogens with one attached hydrogen (secondary N) is 1. The lowest BCUT2D eigenvalue weighted by Gasteiger charge is -2.16. The maximum atomic E-state index is 13.6. The summed E-state index contributed by atoms with van der Waals surface area (Å²) >= 11 is 0. The maximum absolute atomic E-state index is 13.6. The Morgan fingerprint density at radius 3 is 2.69 bits per heavy atom.